The van der Waals surface area contributed by atoms with Gasteiger partial charge in [0.05, 0.1) is 24.5 Å². The first kappa shape index (κ1) is 59.1. The number of aromatic nitrogens is 4. The molecule has 0 radical (unpaired) electrons. The lowest BCUT2D eigenvalue weighted by Gasteiger charge is -2.20. The smallest absolute Gasteiger partial charge is 0.407 e. The number of alkyl carbamates (subject to hydrolysis) is 1. The Morgan fingerprint density at radius 2 is 1.01 bits per heavy atom. The van der Waals surface area contributed by atoms with E-state index in [9.17, 15) is 19.5 Å². The molecule has 2 heterocycles. The average Bonchev–Trinajstić information content (AvgIpc) is 3.48. The Labute approximate surface area is 472 Å². The first-order valence-electron chi connectivity index (χ1n) is 26.5. The number of benzene rings is 6. The highest BCUT2D eigenvalue weighted by molar-refractivity contribution is 5.80. The van der Waals surface area contributed by atoms with E-state index in [0.717, 1.165) is 44.9 Å². The number of esters is 1. The van der Waals surface area contributed by atoms with Gasteiger partial charge in [-0.05, 0) is 123 Å². The van der Waals surface area contributed by atoms with Gasteiger partial charge >= 0.3 is 18.0 Å². The normalized spacial score (nSPS) is 11.6. The van der Waals surface area contributed by atoms with Gasteiger partial charge in [-0.25, -0.2) is 34.3 Å². The zero-order chi connectivity index (χ0) is 57.2. The third-order valence-electron chi connectivity index (χ3n) is 11.7. The molecule has 0 saturated heterocycles. The summed E-state index contributed by atoms with van der Waals surface area (Å²) in [6.07, 6.45) is 2.96. The maximum Gasteiger partial charge on any atom is 0.407 e. The molecule has 0 saturated carbocycles. The van der Waals surface area contributed by atoms with E-state index in [-0.39, 0.29) is 26.2 Å². The third-order valence-corrected chi connectivity index (χ3v) is 11.7. The molecule has 2 aromatic heterocycles. The summed E-state index contributed by atoms with van der Waals surface area (Å²) in [5.41, 5.74) is 11.9. The Hall–Kier alpha value is -9.55. The fourth-order valence-electron chi connectivity index (χ4n) is 7.92. The van der Waals surface area contributed by atoms with Crippen LogP contribution in [0.5, 0.6) is 23.0 Å². The van der Waals surface area contributed by atoms with E-state index < -0.39 is 35.7 Å². The Morgan fingerprint density at radius 3 is 1.48 bits per heavy atom. The lowest BCUT2D eigenvalue weighted by Crippen LogP contribution is -2.34. The Bertz CT molecular complexity index is 3220. The summed E-state index contributed by atoms with van der Waals surface area (Å²) in [5.74, 6) is 2.30. The van der Waals surface area contributed by atoms with Crippen molar-refractivity contribution in [3.05, 3.63) is 205 Å². The summed E-state index contributed by atoms with van der Waals surface area (Å²) in [4.78, 5) is 54.1. The molecule has 18 heteroatoms. The van der Waals surface area contributed by atoms with Crippen LogP contribution in [-0.4, -0.2) is 93.7 Å². The third kappa shape index (κ3) is 20.3. The topological polar surface area (TPSA) is 240 Å². The van der Waals surface area contributed by atoms with Crippen molar-refractivity contribution in [1.29, 1.82) is 0 Å². The van der Waals surface area contributed by atoms with E-state index in [1.165, 1.54) is 12.7 Å². The second-order valence-electron chi connectivity index (χ2n) is 19.3. The monoisotopic (exact) mass is 1100 g/mol. The van der Waals surface area contributed by atoms with Gasteiger partial charge in [0.2, 0.25) is 0 Å². The van der Waals surface area contributed by atoms with Crippen LogP contribution in [0.25, 0.3) is 22.5 Å². The molecule has 8 rings (SSSR count). The molecule has 0 aliphatic carbocycles. The number of carbonyl (C=O) groups is 3. The van der Waals surface area contributed by atoms with Gasteiger partial charge in [-0.15, -0.1) is 0 Å². The molecule has 0 aliphatic heterocycles. The van der Waals surface area contributed by atoms with Crippen molar-refractivity contribution in [2.24, 2.45) is 5.73 Å². The van der Waals surface area contributed by atoms with Gasteiger partial charge in [-0.1, -0.05) is 84.9 Å². The number of amides is 1. The van der Waals surface area contributed by atoms with Crippen molar-refractivity contribution in [3.8, 4) is 45.5 Å². The van der Waals surface area contributed by atoms with Crippen LogP contribution in [0.4, 0.5) is 16.4 Å². The SMILES string of the molecule is CCOC(=O)C(Cc1cccc(OCCNC(=O)OC(C)(C)C)c1)Nc1cc(-c2ccc(OCc3ccccc3)cc2)ncn1.NCCOc1cccc(CC(Nc2cc(-c3ccc(OCc4ccccc4)cc3)ncn2)C(=O)O)c1. The quantitative estimate of drug-likeness (QED) is 0.0250. The zero-order valence-electron chi connectivity index (χ0n) is 45.8. The number of ether oxygens (including phenoxy) is 6. The summed E-state index contributed by atoms with van der Waals surface area (Å²) in [6, 6.07) is 51.9. The van der Waals surface area contributed by atoms with E-state index in [2.05, 4.69) is 35.9 Å². The molecule has 8 aromatic rings. The second-order valence-corrected chi connectivity index (χ2v) is 19.3. The van der Waals surface area contributed by atoms with Gasteiger partial charge in [0.15, 0.2) is 0 Å². The number of hydrogen-bond acceptors (Lipinski definition) is 16. The van der Waals surface area contributed by atoms with Crippen LogP contribution in [0, 0.1) is 0 Å². The molecule has 2 unspecified atom stereocenters. The lowest BCUT2D eigenvalue weighted by molar-refractivity contribution is -0.144. The summed E-state index contributed by atoms with van der Waals surface area (Å²) in [7, 11) is 0. The van der Waals surface area contributed by atoms with Crippen LogP contribution in [-0.2, 0) is 45.1 Å². The number of aliphatic carboxylic acids is 1. The largest absolute Gasteiger partial charge is 0.492 e. The molecule has 0 aliphatic rings. The van der Waals surface area contributed by atoms with Crippen molar-refractivity contribution < 1.29 is 47.9 Å². The van der Waals surface area contributed by atoms with E-state index >= 15 is 0 Å². The Balaban J connectivity index is 0.000000239. The molecule has 6 N–H and O–H groups in total. The zero-order valence-corrected chi connectivity index (χ0v) is 45.8. The van der Waals surface area contributed by atoms with Crippen LogP contribution in [0.3, 0.4) is 0 Å². The molecule has 2 atom stereocenters. The van der Waals surface area contributed by atoms with E-state index in [4.69, 9.17) is 34.2 Å². The van der Waals surface area contributed by atoms with Crippen LogP contribution >= 0.6 is 0 Å². The van der Waals surface area contributed by atoms with Crippen molar-refractivity contribution in [1.82, 2.24) is 25.3 Å². The van der Waals surface area contributed by atoms with Crippen molar-refractivity contribution in [3.63, 3.8) is 0 Å². The summed E-state index contributed by atoms with van der Waals surface area (Å²) >= 11 is 0. The molecule has 420 valence electrons. The number of hydrogen-bond donors (Lipinski definition) is 5. The Kier molecular flexibility index (Phi) is 22.3. The van der Waals surface area contributed by atoms with Crippen molar-refractivity contribution in [2.45, 2.75) is 71.4 Å². The predicted molar refractivity (Wildman–Crippen MR) is 310 cm³/mol. The number of carboxylic acid groups (broad SMARTS) is 1. The highest BCUT2D eigenvalue weighted by atomic mass is 16.6. The van der Waals surface area contributed by atoms with Crippen LogP contribution in [0.2, 0.25) is 0 Å². The van der Waals surface area contributed by atoms with Gasteiger partial charge in [-0.3, -0.25) is 0 Å². The first-order chi connectivity index (χ1) is 39.3. The van der Waals surface area contributed by atoms with Gasteiger partial charge < -0.3 is 55.2 Å². The number of nitrogens with zero attached hydrogens (tertiary/aromatic N) is 4. The maximum absolute atomic E-state index is 12.9. The molecular formula is C63H68N8O10. The minimum atomic E-state index is -0.983. The minimum Gasteiger partial charge on any atom is -0.492 e. The molecule has 0 bridgehead atoms. The van der Waals surface area contributed by atoms with Gasteiger partial charge in [0, 0.05) is 42.6 Å². The standard InChI is InChI=1S/C35H40N4O6.C28H28N4O4/c1-5-42-33(40)31(21-26-12-9-13-29(20-26)43-19-18-36-34(41)45-35(2,3)4)39-32-22-30(37-24-38-32)27-14-16-28(17-15-27)44-23-25-10-7-6-8-11-25;29-13-14-35-24-8-4-7-21(15-24)16-26(28(33)34)32-27-17-25(30-19-31-27)22-9-11-23(12-10-22)36-18-20-5-2-1-3-6-20/h6-17,20,22,24,31H,5,18-19,21,23H2,1-4H3,(H,36,41)(H,37,38,39);1-12,15,17,19,26H,13-14,16,18,29H2,(H,33,34)(H,30,31,32). The van der Waals surface area contributed by atoms with E-state index in [0.29, 0.717) is 67.3 Å². The Morgan fingerprint density at radius 1 is 0.543 bits per heavy atom. The molecule has 6 aromatic carbocycles. The van der Waals surface area contributed by atoms with E-state index in [1.807, 2.05) is 158 Å². The van der Waals surface area contributed by atoms with Gasteiger partial charge in [-0.2, -0.15) is 0 Å². The summed E-state index contributed by atoms with van der Waals surface area (Å²) in [5, 5.41) is 18.7. The summed E-state index contributed by atoms with van der Waals surface area (Å²) < 4.78 is 33.7. The predicted octanol–water partition coefficient (Wildman–Crippen LogP) is 10.4. The number of nitrogens with two attached hydrogens (primary N) is 1. The number of nitrogens with one attached hydrogen (secondary N) is 3. The number of carboxylic acids is 1. The molecule has 0 fully saturated rings. The first-order valence-corrected chi connectivity index (χ1v) is 26.5. The second kappa shape index (κ2) is 30.6. The lowest BCUT2D eigenvalue weighted by atomic mass is 10.1. The fraction of sp³-hybridized carbons (Fsp3) is 0.254. The highest BCUT2D eigenvalue weighted by Gasteiger charge is 2.23. The summed E-state index contributed by atoms with van der Waals surface area (Å²) in [6.45, 7) is 9.74. The molecule has 81 heavy (non-hydrogen) atoms. The molecule has 0 spiro atoms. The van der Waals surface area contributed by atoms with Gasteiger partial charge in [0.25, 0.3) is 0 Å². The number of anilines is 2. The number of rotatable bonds is 26. The average molecular weight is 1100 g/mol. The fourth-order valence-corrected chi connectivity index (χ4v) is 7.92. The maximum atomic E-state index is 12.9. The van der Waals surface area contributed by atoms with Crippen molar-refractivity contribution >= 4 is 29.7 Å². The van der Waals surface area contributed by atoms with Crippen molar-refractivity contribution in [2.75, 3.05) is 43.5 Å². The van der Waals surface area contributed by atoms with Gasteiger partial charge in [0.1, 0.15) is 91.4 Å². The minimum absolute atomic E-state index is 0.249. The molecule has 1 amide bonds. The highest BCUT2D eigenvalue weighted by Crippen LogP contribution is 2.26. The van der Waals surface area contributed by atoms with Crippen LogP contribution in [0.1, 0.15) is 49.9 Å². The van der Waals surface area contributed by atoms with Crippen LogP contribution < -0.4 is 40.6 Å². The molecular weight excluding hydrogens is 1030 g/mol. The molecule has 18 nitrogen and oxygen atoms in total. The van der Waals surface area contributed by atoms with Crippen LogP contribution in [0.15, 0.2) is 183 Å². The van der Waals surface area contributed by atoms with E-state index in [1.54, 1.807) is 39.8 Å². The number of carbonyl (C=O) groups excluding carboxylic acids is 2.